The number of hydrogen-bond donors (Lipinski definition) is 1. The van der Waals surface area contributed by atoms with Gasteiger partial charge in [0.25, 0.3) is 0 Å². The van der Waals surface area contributed by atoms with E-state index in [0.717, 1.165) is 29.1 Å². The predicted molar refractivity (Wildman–Crippen MR) is 125 cm³/mol. The van der Waals surface area contributed by atoms with E-state index in [0.29, 0.717) is 17.6 Å². The molecule has 0 saturated heterocycles. The zero-order chi connectivity index (χ0) is 21.5. The van der Waals surface area contributed by atoms with Gasteiger partial charge in [0.05, 0.1) is 5.25 Å². The Balaban J connectivity index is 1.78. The summed E-state index contributed by atoms with van der Waals surface area (Å²) in [5.74, 6) is 1.10. The van der Waals surface area contributed by atoms with Crippen LogP contribution in [0.25, 0.3) is 11.4 Å². The fourth-order valence-electron chi connectivity index (χ4n) is 3.18. The number of rotatable bonds is 9. The molecule has 0 saturated carbocycles. The third-order valence-electron chi connectivity index (χ3n) is 5.07. The first-order valence-corrected chi connectivity index (χ1v) is 11.1. The number of nitrogens with zero attached hydrogens (tertiary/aromatic N) is 3. The minimum absolute atomic E-state index is 0.0508. The van der Waals surface area contributed by atoms with E-state index < -0.39 is 0 Å². The number of allylic oxidation sites excluding steroid dienone is 1. The Morgan fingerprint density at radius 1 is 1.13 bits per heavy atom. The molecule has 0 aliphatic heterocycles. The van der Waals surface area contributed by atoms with Gasteiger partial charge >= 0.3 is 0 Å². The van der Waals surface area contributed by atoms with Gasteiger partial charge in [-0.3, -0.25) is 9.36 Å². The molecule has 2 atom stereocenters. The summed E-state index contributed by atoms with van der Waals surface area (Å²) >= 11 is 1.40. The molecule has 0 unspecified atom stereocenters. The van der Waals surface area contributed by atoms with E-state index in [-0.39, 0.29) is 11.2 Å². The first-order chi connectivity index (χ1) is 14.5. The van der Waals surface area contributed by atoms with Gasteiger partial charge in [0, 0.05) is 17.8 Å². The second-order valence-corrected chi connectivity index (χ2v) is 8.53. The van der Waals surface area contributed by atoms with Crippen LogP contribution in [0.5, 0.6) is 0 Å². The van der Waals surface area contributed by atoms with E-state index in [1.165, 1.54) is 11.8 Å². The summed E-state index contributed by atoms with van der Waals surface area (Å²) in [6.07, 6.45) is 2.83. The van der Waals surface area contributed by atoms with E-state index in [4.69, 9.17) is 0 Å². The zero-order valence-corrected chi connectivity index (χ0v) is 18.5. The number of anilines is 1. The molecule has 0 radical (unpaired) electrons. The Labute approximate surface area is 182 Å². The number of amides is 1. The van der Waals surface area contributed by atoms with Crippen LogP contribution < -0.4 is 5.32 Å². The highest BCUT2D eigenvalue weighted by Crippen LogP contribution is 2.30. The van der Waals surface area contributed by atoms with Gasteiger partial charge in [-0.2, -0.15) is 0 Å². The van der Waals surface area contributed by atoms with Crippen molar-refractivity contribution in [3.05, 3.63) is 72.8 Å². The largest absolute Gasteiger partial charge is 0.325 e. The summed E-state index contributed by atoms with van der Waals surface area (Å²) in [6, 6.07) is 17.9. The van der Waals surface area contributed by atoms with Crippen molar-refractivity contribution >= 4 is 23.4 Å². The summed E-state index contributed by atoms with van der Waals surface area (Å²) in [4.78, 5) is 12.9. The first-order valence-electron chi connectivity index (χ1n) is 10.2. The summed E-state index contributed by atoms with van der Waals surface area (Å²) in [5, 5.41) is 12.2. The Morgan fingerprint density at radius 2 is 1.83 bits per heavy atom. The van der Waals surface area contributed by atoms with Crippen LogP contribution in [0.4, 0.5) is 5.69 Å². The summed E-state index contributed by atoms with van der Waals surface area (Å²) in [5.41, 5.74) is 3.02. The molecular formula is C24H28N4OS. The first kappa shape index (κ1) is 21.8. The van der Waals surface area contributed by atoms with Crippen molar-refractivity contribution in [2.75, 3.05) is 5.32 Å². The van der Waals surface area contributed by atoms with E-state index in [9.17, 15) is 4.79 Å². The molecule has 0 aliphatic rings. The number of carbonyl (C=O) groups excluding carboxylic acids is 1. The van der Waals surface area contributed by atoms with Gasteiger partial charge < -0.3 is 5.32 Å². The average Bonchev–Trinajstić information content (AvgIpc) is 3.16. The highest BCUT2D eigenvalue weighted by atomic mass is 32.2. The Morgan fingerprint density at radius 3 is 2.53 bits per heavy atom. The van der Waals surface area contributed by atoms with Gasteiger partial charge in [-0.05, 0) is 30.9 Å². The van der Waals surface area contributed by atoms with Gasteiger partial charge in [-0.15, -0.1) is 16.8 Å². The van der Waals surface area contributed by atoms with Crippen molar-refractivity contribution < 1.29 is 4.79 Å². The molecule has 0 aliphatic carbocycles. The molecule has 1 N–H and O–H groups in total. The van der Waals surface area contributed by atoms with Crippen LogP contribution >= 0.6 is 11.8 Å². The second kappa shape index (κ2) is 10.3. The quantitative estimate of drug-likeness (QED) is 0.353. The van der Waals surface area contributed by atoms with Crippen LogP contribution in [0.15, 0.2) is 72.4 Å². The topological polar surface area (TPSA) is 59.8 Å². The molecule has 5 nitrogen and oxygen atoms in total. The van der Waals surface area contributed by atoms with Gasteiger partial charge in [0.15, 0.2) is 11.0 Å². The summed E-state index contributed by atoms with van der Waals surface area (Å²) in [7, 11) is 0. The lowest BCUT2D eigenvalue weighted by molar-refractivity contribution is -0.115. The molecule has 156 valence electrons. The third kappa shape index (κ3) is 5.00. The van der Waals surface area contributed by atoms with Crippen LogP contribution in [-0.4, -0.2) is 25.9 Å². The Kier molecular flexibility index (Phi) is 7.46. The molecule has 0 bridgehead atoms. The van der Waals surface area contributed by atoms with Crippen molar-refractivity contribution in [2.45, 2.75) is 50.1 Å². The molecule has 1 heterocycles. The van der Waals surface area contributed by atoms with E-state index >= 15 is 0 Å². The summed E-state index contributed by atoms with van der Waals surface area (Å²) < 4.78 is 1.99. The molecule has 30 heavy (non-hydrogen) atoms. The minimum Gasteiger partial charge on any atom is -0.325 e. The van der Waals surface area contributed by atoms with E-state index in [2.05, 4.69) is 42.0 Å². The number of benzene rings is 2. The lowest BCUT2D eigenvalue weighted by atomic mass is 9.97. The van der Waals surface area contributed by atoms with Crippen LogP contribution in [0.3, 0.4) is 0 Å². The number of carbonyl (C=O) groups is 1. The molecule has 1 amide bonds. The maximum Gasteiger partial charge on any atom is 0.237 e. The molecule has 1 aromatic heterocycles. The van der Waals surface area contributed by atoms with Crippen LogP contribution in [0, 0.1) is 0 Å². The maximum atomic E-state index is 12.9. The van der Waals surface area contributed by atoms with Crippen molar-refractivity contribution in [3.63, 3.8) is 0 Å². The molecule has 6 heteroatoms. The fraction of sp³-hybridized carbons (Fsp3) is 0.292. The van der Waals surface area contributed by atoms with Crippen LogP contribution in [-0.2, 0) is 11.3 Å². The number of nitrogens with one attached hydrogen (secondary N) is 1. The molecule has 3 aromatic rings. The number of thioether (sulfide) groups is 1. The summed E-state index contributed by atoms with van der Waals surface area (Å²) in [6.45, 7) is 10.6. The van der Waals surface area contributed by atoms with Gasteiger partial charge in [-0.1, -0.05) is 80.2 Å². The van der Waals surface area contributed by atoms with Crippen LogP contribution in [0.1, 0.15) is 38.7 Å². The number of aromatic nitrogens is 3. The highest BCUT2D eigenvalue weighted by Gasteiger charge is 2.21. The lowest BCUT2D eigenvalue weighted by Gasteiger charge is -2.17. The van der Waals surface area contributed by atoms with Crippen LogP contribution in [0.2, 0.25) is 0 Å². The van der Waals surface area contributed by atoms with Crippen molar-refractivity contribution in [1.82, 2.24) is 14.8 Å². The minimum atomic E-state index is -0.327. The predicted octanol–water partition coefficient (Wildman–Crippen LogP) is 5.76. The molecule has 0 spiro atoms. The molecular weight excluding hydrogens is 392 g/mol. The van der Waals surface area contributed by atoms with E-state index in [1.807, 2.05) is 66.1 Å². The standard InChI is InChI=1S/C24H28N4OS/c1-5-16-28-22(19-12-8-7-9-13-19)26-27-24(28)30-18(4)23(29)25-21-15-11-10-14-20(21)17(3)6-2/h5,7-15,17-18H,1,6,16H2,2-4H3,(H,25,29)/t17-,18+/m1/s1. The van der Waals surface area contributed by atoms with Crippen molar-refractivity contribution in [2.24, 2.45) is 0 Å². The Hall–Kier alpha value is -2.86. The van der Waals surface area contributed by atoms with E-state index in [1.54, 1.807) is 0 Å². The second-order valence-electron chi connectivity index (χ2n) is 7.22. The van der Waals surface area contributed by atoms with Gasteiger partial charge in [0.1, 0.15) is 0 Å². The van der Waals surface area contributed by atoms with Gasteiger partial charge in [0.2, 0.25) is 5.91 Å². The maximum absolute atomic E-state index is 12.9. The number of hydrogen-bond acceptors (Lipinski definition) is 4. The number of para-hydroxylation sites is 1. The third-order valence-corrected chi connectivity index (χ3v) is 6.15. The normalized spacial score (nSPS) is 12.9. The average molecular weight is 421 g/mol. The Bertz CT molecular complexity index is 999. The van der Waals surface area contributed by atoms with Crippen molar-refractivity contribution in [3.8, 4) is 11.4 Å². The smallest absolute Gasteiger partial charge is 0.237 e. The van der Waals surface area contributed by atoms with Gasteiger partial charge in [-0.25, -0.2) is 0 Å². The molecule has 0 fully saturated rings. The monoisotopic (exact) mass is 420 g/mol. The SMILES string of the molecule is C=CCn1c(S[C@@H](C)C(=O)Nc2ccccc2[C@H](C)CC)nnc1-c1ccccc1. The molecule has 2 aromatic carbocycles. The fourth-order valence-corrected chi connectivity index (χ4v) is 4.04. The highest BCUT2D eigenvalue weighted by molar-refractivity contribution is 8.00. The molecule has 3 rings (SSSR count). The van der Waals surface area contributed by atoms with Crippen molar-refractivity contribution in [1.29, 1.82) is 0 Å². The zero-order valence-electron chi connectivity index (χ0n) is 17.7. The lowest BCUT2D eigenvalue weighted by Crippen LogP contribution is -2.23.